The number of unbranched alkanes of at least 4 members (excludes halogenated alkanes) is 29. The lowest BCUT2D eigenvalue weighted by atomic mass is 10.0. The van der Waals surface area contributed by atoms with Crippen LogP contribution in [-0.2, 0) is 19.1 Å². The second-order valence-corrected chi connectivity index (χ2v) is 18.6. The zero-order valence-electron chi connectivity index (χ0n) is 43.4. The van der Waals surface area contributed by atoms with Crippen LogP contribution in [0.1, 0.15) is 271 Å². The van der Waals surface area contributed by atoms with Crippen LogP contribution in [0.15, 0.2) is 85.1 Å². The number of hydrogen-bond acceptors (Lipinski definition) is 5. The average molecular weight is 920 g/mol. The lowest BCUT2D eigenvalue weighted by Crippen LogP contribution is -2.28. The minimum Gasteiger partial charge on any atom is -0.462 e. The molecular formula is C61H106O5. The topological polar surface area (TPSA) is 72.8 Å². The Labute approximate surface area is 409 Å². The first-order valence-corrected chi connectivity index (χ1v) is 28.1. The maximum Gasteiger partial charge on any atom is 0.306 e. The summed E-state index contributed by atoms with van der Waals surface area (Å²) >= 11 is 0. The molecule has 1 N–H and O–H groups in total. The normalized spacial score (nSPS) is 12.8. The molecular weight excluding hydrogens is 813 g/mol. The SMILES string of the molecule is CC/C=C\C/C=C\C/C=C\C/C=C\C/C=C\CCCCCCCCCCCC(=O)OC(CO)COC(=O)CCCCCCCCCCCCCCCCC/C=C\C/C=C\CCCCCCC. The Morgan fingerprint density at radius 2 is 0.652 bits per heavy atom. The smallest absolute Gasteiger partial charge is 0.306 e. The zero-order chi connectivity index (χ0) is 47.7. The number of carbonyl (C=O) groups is 2. The van der Waals surface area contributed by atoms with Crippen LogP contribution < -0.4 is 0 Å². The van der Waals surface area contributed by atoms with E-state index in [0.29, 0.717) is 12.8 Å². The van der Waals surface area contributed by atoms with E-state index in [0.717, 1.165) is 77.0 Å². The van der Waals surface area contributed by atoms with Gasteiger partial charge in [0.1, 0.15) is 6.61 Å². The van der Waals surface area contributed by atoms with Gasteiger partial charge in [-0.05, 0) is 89.9 Å². The predicted octanol–water partition coefficient (Wildman–Crippen LogP) is 19.0. The van der Waals surface area contributed by atoms with Crippen LogP contribution in [0, 0.1) is 0 Å². The van der Waals surface area contributed by atoms with Crippen LogP contribution in [0.25, 0.3) is 0 Å². The number of aliphatic hydroxyl groups excluding tert-OH is 1. The molecule has 0 saturated carbocycles. The number of allylic oxidation sites excluding steroid dienone is 14. The van der Waals surface area contributed by atoms with Crippen molar-refractivity contribution in [3.05, 3.63) is 85.1 Å². The molecule has 0 aliphatic rings. The number of rotatable bonds is 51. The van der Waals surface area contributed by atoms with Crippen molar-refractivity contribution in [3.8, 4) is 0 Å². The van der Waals surface area contributed by atoms with Gasteiger partial charge in [-0.25, -0.2) is 0 Å². The summed E-state index contributed by atoms with van der Waals surface area (Å²) in [5.74, 6) is -0.593. The molecule has 380 valence electrons. The molecule has 0 rings (SSSR count). The summed E-state index contributed by atoms with van der Waals surface area (Å²) in [6.07, 6.45) is 78.3. The highest BCUT2D eigenvalue weighted by molar-refractivity contribution is 5.70. The van der Waals surface area contributed by atoms with Crippen LogP contribution in [0.4, 0.5) is 0 Å². The van der Waals surface area contributed by atoms with Gasteiger partial charge in [0.2, 0.25) is 0 Å². The minimum atomic E-state index is -0.780. The van der Waals surface area contributed by atoms with Gasteiger partial charge in [-0.3, -0.25) is 9.59 Å². The largest absolute Gasteiger partial charge is 0.462 e. The van der Waals surface area contributed by atoms with Gasteiger partial charge in [0, 0.05) is 12.8 Å². The van der Waals surface area contributed by atoms with Crippen molar-refractivity contribution >= 4 is 11.9 Å². The number of esters is 2. The summed E-state index contributed by atoms with van der Waals surface area (Å²) < 4.78 is 10.7. The fraction of sp³-hybridized carbons (Fsp3) is 0.738. The number of ether oxygens (including phenoxy) is 2. The van der Waals surface area contributed by atoms with Gasteiger partial charge in [0.05, 0.1) is 6.61 Å². The predicted molar refractivity (Wildman–Crippen MR) is 288 cm³/mol. The van der Waals surface area contributed by atoms with E-state index in [1.54, 1.807) is 0 Å². The molecule has 0 fully saturated rings. The number of aliphatic hydroxyl groups is 1. The number of hydrogen-bond donors (Lipinski definition) is 1. The fourth-order valence-corrected chi connectivity index (χ4v) is 7.97. The molecule has 0 aromatic carbocycles. The molecule has 0 aromatic heterocycles. The summed E-state index contributed by atoms with van der Waals surface area (Å²) in [6, 6.07) is 0. The second-order valence-electron chi connectivity index (χ2n) is 18.6. The third-order valence-electron chi connectivity index (χ3n) is 12.2. The summed E-state index contributed by atoms with van der Waals surface area (Å²) in [6.45, 7) is 4.03. The van der Waals surface area contributed by atoms with E-state index in [1.165, 1.54) is 167 Å². The molecule has 0 aromatic rings. The maximum absolute atomic E-state index is 12.3. The third-order valence-corrected chi connectivity index (χ3v) is 12.2. The molecule has 5 nitrogen and oxygen atoms in total. The van der Waals surface area contributed by atoms with Crippen molar-refractivity contribution in [2.24, 2.45) is 0 Å². The Bertz CT molecular complexity index is 1220. The highest BCUT2D eigenvalue weighted by Gasteiger charge is 2.16. The van der Waals surface area contributed by atoms with Crippen molar-refractivity contribution in [2.75, 3.05) is 13.2 Å². The van der Waals surface area contributed by atoms with E-state index in [2.05, 4.69) is 98.9 Å². The van der Waals surface area contributed by atoms with Gasteiger partial charge in [-0.15, -0.1) is 0 Å². The summed E-state index contributed by atoms with van der Waals surface area (Å²) in [5, 5.41) is 9.65. The molecule has 0 aliphatic carbocycles. The number of carbonyl (C=O) groups excluding carboxylic acids is 2. The van der Waals surface area contributed by atoms with Crippen LogP contribution in [0.3, 0.4) is 0 Å². The molecule has 0 saturated heterocycles. The highest BCUT2D eigenvalue weighted by atomic mass is 16.6. The van der Waals surface area contributed by atoms with Gasteiger partial charge in [-0.2, -0.15) is 0 Å². The van der Waals surface area contributed by atoms with Gasteiger partial charge >= 0.3 is 11.9 Å². The van der Waals surface area contributed by atoms with Crippen LogP contribution >= 0.6 is 0 Å². The summed E-state index contributed by atoms with van der Waals surface area (Å²) in [4.78, 5) is 24.5. The zero-order valence-corrected chi connectivity index (χ0v) is 43.4. The standard InChI is InChI=1S/C61H106O5/c1-3-5-7-9-11-13-15-17-19-21-23-25-27-29-30-32-33-35-37-39-41-43-45-47-49-51-53-55-60(63)65-58-59(57-62)66-61(64)56-54-52-50-48-46-44-42-40-38-36-34-31-28-26-24-22-20-18-16-14-12-10-8-6-4-2/h6,8,12,14-15,17-18,20-21,23-24,26,31,34,59,62H,3-5,7,9-11,13,16,19,22,25,27-30,32-33,35-58H2,1-2H3/b8-6-,14-12-,17-15-,20-18-,23-21-,26-24-,34-31-. The molecule has 5 heteroatoms. The van der Waals surface area contributed by atoms with E-state index in [4.69, 9.17) is 9.47 Å². The van der Waals surface area contributed by atoms with Gasteiger partial charge in [-0.1, -0.05) is 253 Å². The Balaban J connectivity index is 3.50. The molecule has 1 unspecified atom stereocenters. The van der Waals surface area contributed by atoms with Crippen molar-refractivity contribution in [1.82, 2.24) is 0 Å². The molecule has 0 spiro atoms. The Morgan fingerprint density at radius 1 is 0.364 bits per heavy atom. The van der Waals surface area contributed by atoms with E-state index in [1.807, 2.05) is 0 Å². The molecule has 66 heavy (non-hydrogen) atoms. The van der Waals surface area contributed by atoms with E-state index in [9.17, 15) is 14.7 Å². The highest BCUT2D eigenvalue weighted by Crippen LogP contribution is 2.16. The van der Waals surface area contributed by atoms with Crippen LogP contribution in [0.5, 0.6) is 0 Å². The van der Waals surface area contributed by atoms with Crippen LogP contribution in [-0.4, -0.2) is 36.4 Å². The fourth-order valence-electron chi connectivity index (χ4n) is 7.97. The quantitative estimate of drug-likeness (QED) is 0.0374. The lowest BCUT2D eigenvalue weighted by Gasteiger charge is -2.15. The molecule has 0 aliphatic heterocycles. The van der Waals surface area contributed by atoms with Gasteiger partial charge < -0.3 is 14.6 Å². The maximum atomic E-state index is 12.3. The third kappa shape index (κ3) is 53.7. The molecule has 0 amide bonds. The van der Waals surface area contributed by atoms with E-state index in [-0.39, 0.29) is 25.2 Å². The van der Waals surface area contributed by atoms with Crippen molar-refractivity contribution in [3.63, 3.8) is 0 Å². The van der Waals surface area contributed by atoms with Crippen LogP contribution in [0.2, 0.25) is 0 Å². The van der Waals surface area contributed by atoms with Crippen molar-refractivity contribution < 1.29 is 24.2 Å². The summed E-state index contributed by atoms with van der Waals surface area (Å²) in [7, 11) is 0. The van der Waals surface area contributed by atoms with E-state index < -0.39 is 6.10 Å². The molecule has 0 heterocycles. The monoisotopic (exact) mass is 919 g/mol. The molecule has 1 atom stereocenters. The average Bonchev–Trinajstić information content (AvgIpc) is 3.32. The molecule has 0 bridgehead atoms. The second kappa shape index (κ2) is 56.4. The van der Waals surface area contributed by atoms with Crippen molar-refractivity contribution in [2.45, 2.75) is 277 Å². The first-order chi connectivity index (χ1) is 32.6. The van der Waals surface area contributed by atoms with Crippen molar-refractivity contribution in [1.29, 1.82) is 0 Å². The first kappa shape index (κ1) is 63.1. The Hall–Kier alpha value is -2.92. The van der Waals surface area contributed by atoms with Gasteiger partial charge in [0.15, 0.2) is 6.10 Å². The minimum absolute atomic E-state index is 0.0704. The van der Waals surface area contributed by atoms with E-state index >= 15 is 0 Å². The molecule has 0 radical (unpaired) electrons. The van der Waals surface area contributed by atoms with Gasteiger partial charge in [0.25, 0.3) is 0 Å². The Kier molecular flexibility index (Phi) is 53.9. The summed E-state index contributed by atoms with van der Waals surface area (Å²) in [5.41, 5.74) is 0. The first-order valence-electron chi connectivity index (χ1n) is 28.1. The Morgan fingerprint density at radius 3 is 0.985 bits per heavy atom. The lowest BCUT2D eigenvalue weighted by molar-refractivity contribution is -0.161.